The first-order valence-corrected chi connectivity index (χ1v) is 7.84. The molecule has 2 N–H and O–H groups in total. The number of hydrogen-bond donors (Lipinski definition) is 1. The summed E-state index contributed by atoms with van der Waals surface area (Å²) >= 11 is 7.66. The van der Waals surface area contributed by atoms with Crippen molar-refractivity contribution in [2.75, 3.05) is 5.73 Å². The lowest BCUT2D eigenvalue weighted by Gasteiger charge is -2.22. The number of thiophene rings is 1. The summed E-state index contributed by atoms with van der Waals surface area (Å²) < 4.78 is 0. The van der Waals surface area contributed by atoms with Crippen LogP contribution in [-0.2, 0) is 6.54 Å². The minimum Gasteiger partial charge on any atom is -0.398 e. The number of carbonyl (C=O) groups is 1. The second-order valence-corrected chi connectivity index (χ2v) is 6.22. The molecule has 1 aliphatic rings. The van der Waals surface area contributed by atoms with Crippen molar-refractivity contribution in [1.29, 1.82) is 0 Å². The van der Waals surface area contributed by atoms with Crippen molar-refractivity contribution in [3.63, 3.8) is 0 Å². The number of hydrogen-bond acceptors (Lipinski definition) is 3. The largest absolute Gasteiger partial charge is 0.398 e. The quantitative estimate of drug-likeness (QED) is 0.874. The van der Waals surface area contributed by atoms with Gasteiger partial charge in [-0.15, -0.1) is 0 Å². The highest BCUT2D eigenvalue weighted by molar-refractivity contribution is 7.07. The Morgan fingerprint density at radius 1 is 1.40 bits per heavy atom. The third kappa shape index (κ3) is 2.81. The van der Waals surface area contributed by atoms with Gasteiger partial charge < -0.3 is 10.6 Å². The van der Waals surface area contributed by atoms with Crippen LogP contribution in [0.25, 0.3) is 0 Å². The standard InChI is InChI=1S/C15H15ClN2OS/c16-13-7-11(1-4-14(13)17)15(19)18(12-2-3-12)8-10-5-6-20-9-10/h1,4-7,9,12H,2-3,8,17H2. The molecule has 3 rings (SSSR count). The molecule has 0 aliphatic heterocycles. The fourth-order valence-electron chi connectivity index (χ4n) is 2.16. The van der Waals surface area contributed by atoms with Crippen molar-refractivity contribution in [3.8, 4) is 0 Å². The van der Waals surface area contributed by atoms with Crippen LogP contribution < -0.4 is 5.73 Å². The first kappa shape index (κ1) is 13.5. The van der Waals surface area contributed by atoms with E-state index in [1.165, 1.54) is 5.56 Å². The summed E-state index contributed by atoms with van der Waals surface area (Å²) in [6, 6.07) is 7.50. The third-order valence-electron chi connectivity index (χ3n) is 3.43. The Bertz CT molecular complexity index is 623. The molecule has 0 spiro atoms. The van der Waals surface area contributed by atoms with Gasteiger partial charge in [-0.2, -0.15) is 11.3 Å². The van der Waals surface area contributed by atoms with Crippen molar-refractivity contribution < 1.29 is 4.79 Å². The van der Waals surface area contributed by atoms with E-state index in [0.717, 1.165) is 12.8 Å². The number of rotatable bonds is 4. The molecule has 1 heterocycles. The Kier molecular flexibility index (Phi) is 3.68. The Balaban J connectivity index is 1.83. The van der Waals surface area contributed by atoms with E-state index in [4.69, 9.17) is 17.3 Å². The molecule has 0 atom stereocenters. The predicted octanol–water partition coefficient (Wildman–Crippen LogP) is 3.79. The maximum atomic E-state index is 12.6. The molecule has 0 radical (unpaired) electrons. The zero-order valence-corrected chi connectivity index (χ0v) is 12.5. The molecule has 3 nitrogen and oxygen atoms in total. The van der Waals surface area contributed by atoms with Gasteiger partial charge in [0, 0.05) is 18.2 Å². The Morgan fingerprint density at radius 3 is 2.80 bits per heavy atom. The van der Waals surface area contributed by atoms with Crippen LogP contribution in [0.1, 0.15) is 28.8 Å². The molecule has 1 fully saturated rings. The lowest BCUT2D eigenvalue weighted by Crippen LogP contribution is -2.32. The van der Waals surface area contributed by atoms with E-state index in [2.05, 4.69) is 11.4 Å². The van der Waals surface area contributed by atoms with Crippen molar-refractivity contribution in [1.82, 2.24) is 4.90 Å². The van der Waals surface area contributed by atoms with Crippen LogP contribution in [0, 0.1) is 0 Å². The first-order valence-electron chi connectivity index (χ1n) is 6.52. The molecule has 104 valence electrons. The summed E-state index contributed by atoms with van der Waals surface area (Å²) in [7, 11) is 0. The maximum absolute atomic E-state index is 12.6. The van der Waals surface area contributed by atoms with E-state index in [-0.39, 0.29) is 5.91 Å². The minimum absolute atomic E-state index is 0.0283. The van der Waals surface area contributed by atoms with E-state index < -0.39 is 0 Å². The Morgan fingerprint density at radius 2 is 2.20 bits per heavy atom. The topological polar surface area (TPSA) is 46.3 Å². The van der Waals surface area contributed by atoms with Crippen molar-refractivity contribution >= 4 is 34.5 Å². The van der Waals surface area contributed by atoms with Crippen LogP contribution in [0.3, 0.4) is 0 Å². The summed E-state index contributed by atoms with van der Waals surface area (Å²) in [6.45, 7) is 0.662. The number of amides is 1. The van der Waals surface area contributed by atoms with E-state index in [9.17, 15) is 4.79 Å². The molecule has 0 unspecified atom stereocenters. The van der Waals surface area contributed by atoms with Crippen LogP contribution in [0.4, 0.5) is 5.69 Å². The lowest BCUT2D eigenvalue weighted by atomic mass is 10.1. The van der Waals surface area contributed by atoms with Crippen molar-refractivity contribution in [2.45, 2.75) is 25.4 Å². The second kappa shape index (κ2) is 5.46. The summed E-state index contributed by atoms with van der Waals surface area (Å²) in [6.07, 6.45) is 2.16. The highest BCUT2D eigenvalue weighted by atomic mass is 35.5. The summed E-state index contributed by atoms with van der Waals surface area (Å²) in [5.41, 5.74) is 7.97. The highest BCUT2D eigenvalue weighted by Gasteiger charge is 2.33. The fourth-order valence-corrected chi connectivity index (χ4v) is 3.00. The van der Waals surface area contributed by atoms with E-state index in [1.807, 2.05) is 10.3 Å². The minimum atomic E-state index is 0.0283. The molecule has 20 heavy (non-hydrogen) atoms. The van der Waals surface area contributed by atoms with Gasteiger partial charge in [-0.25, -0.2) is 0 Å². The normalized spacial score (nSPS) is 14.2. The van der Waals surface area contributed by atoms with Crippen LogP contribution in [-0.4, -0.2) is 16.8 Å². The predicted molar refractivity (Wildman–Crippen MR) is 83.1 cm³/mol. The monoisotopic (exact) mass is 306 g/mol. The van der Waals surface area contributed by atoms with E-state index >= 15 is 0 Å². The van der Waals surface area contributed by atoms with Gasteiger partial charge in [0.2, 0.25) is 0 Å². The van der Waals surface area contributed by atoms with Gasteiger partial charge in [0.05, 0.1) is 10.7 Å². The number of nitrogens with zero attached hydrogens (tertiary/aromatic N) is 1. The second-order valence-electron chi connectivity index (χ2n) is 5.03. The van der Waals surface area contributed by atoms with Crippen molar-refractivity contribution in [3.05, 3.63) is 51.2 Å². The summed E-state index contributed by atoms with van der Waals surface area (Å²) in [5.74, 6) is 0.0283. The maximum Gasteiger partial charge on any atom is 0.254 e. The SMILES string of the molecule is Nc1ccc(C(=O)N(Cc2ccsc2)C2CC2)cc1Cl. The van der Waals surface area contributed by atoms with Gasteiger partial charge in [-0.05, 0) is 53.4 Å². The third-order valence-corrected chi connectivity index (χ3v) is 4.49. The van der Waals surface area contributed by atoms with Crippen LogP contribution in [0.15, 0.2) is 35.0 Å². The Hall–Kier alpha value is -1.52. The number of nitrogen functional groups attached to an aromatic ring is 1. The average Bonchev–Trinajstić information content (AvgIpc) is 3.15. The first-order chi connectivity index (χ1) is 9.65. The summed E-state index contributed by atoms with van der Waals surface area (Å²) in [5, 5.41) is 4.55. The highest BCUT2D eigenvalue weighted by Crippen LogP contribution is 2.31. The number of carbonyl (C=O) groups excluding carboxylic acids is 1. The zero-order valence-electron chi connectivity index (χ0n) is 10.9. The van der Waals surface area contributed by atoms with Gasteiger partial charge in [-0.1, -0.05) is 11.6 Å². The molecule has 2 aromatic rings. The van der Waals surface area contributed by atoms with E-state index in [1.54, 1.807) is 29.5 Å². The molecule has 0 bridgehead atoms. The molecule has 1 aromatic carbocycles. The van der Waals surface area contributed by atoms with Crippen LogP contribution >= 0.6 is 22.9 Å². The molecule has 1 aromatic heterocycles. The smallest absolute Gasteiger partial charge is 0.254 e. The molecule has 5 heteroatoms. The molecular weight excluding hydrogens is 292 g/mol. The molecule has 1 saturated carbocycles. The van der Waals surface area contributed by atoms with Crippen molar-refractivity contribution in [2.24, 2.45) is 0 Å². The van der Waals surface area contributed by atoms with Gasteiger partial charge >= 0.3 is 0 Å². The summed E-state index contributed by atoms with van der Waals surface area (Å²) in [4.78, 5) is 14.6. The molecule has 0 saturated heterocycles. The number of halogens is 1. The molecule has 1 aliphatic carbocycles. The van der Waals surface area contributed by atoms with Gasteiger partial charge in [-0.3, -0.25) is 4.79 Å². The van der Waals surface area contributed by atoms with E-state index in [0.29, 0.717) is 28.9 Å². The van der Waals surface area contributed by atoms with Crippen LogP contribution in [0.5, 0.6) is 0 Å². The van der Waals surface area contributed by atoms with Gasteiger partial charge in [0.25, 0.3) is 5.91 Å². The Labute approximate surface area is 127 Å². The number of anilines is 1. The average molecular weight is 307 g/mol. The number of nitrogens with two attached hydrogens (primary N) is 1. The van der Waals surface area contributed by atoms with Crippen LogP contribution in [0.2, 0.25) is 5.02 Å². The zero-order chi connectivity index (χ0) is 14.1. The number of benzene rings is 1. The lowest BCUT2D eigenvalue weighted by molar-refractivity contribution is 0.0730. The molecule has 1 amide bonds. The van der Waals surface area contributed by atoms with Gasteiger partial charge in [0.1, 0.15) is 0 Å². The van der Waals surface area contributed by atoms with Gasteiger partial charge in [0.15, 0.2) is 0 Å². The molecular formula is C15H15ClN2OS. The fraction of sp³-hybridized carbons (Fsp3) is 0.267.